The molecule has 1 aromatic carbocycles. The molecule has 3 fully saturated rings. The van der Waals surface area contributed by atoms with Crippen molar-refractivity contribution in [3.05, 3.63) is 34.9 Å². The zero-order valence-electron chi connectivity index (χ0n) is 39.5. The molecule has 2 saturated heterocycles. The van der Waals surface area contributed by atoms with Crippen LogP contribution in [0.2, 0.25) is 5.02 Å². The van der Waals surface area contributed by atoms with Gasteiger partial charge < -0.3 is 71.2 Å². The van der Waals surface area contributed by atoms with Crippen LogP contribution in [0.5, 0.6) is 0 Å². The van der Waals surface area contributed by atoms with Crippen LogP contribution in [-0.4, -0.2) is 143 Å². The van der Waals surface area contributed by atoms with Crippen molar-refractivity contribution in [2.45, 2.75) is 132 Å². The van der Waals surface area contributed by atoms with Crippen molar-refractivity contribution < 1.29 is 43.2 Å². The summed E-state index contributed by atoms with van der Waals surface area (Å²) in [5, 5.41) is 16.5. The second-order valence-electron chi connectivity index (χ2n) is 17.6. The highest BCUT2D eigenvalue weighted by atomic mass is 35.5. The quantitative estimate of drug-likeness (QED) is 0.0220. The van der Waals surface area contributed by atoms with Crippen LogP contribution < -0.4 is 66.3 Å². The number of nitrogens with zero attached hydrogens (tertiary/aromatic N) is 3. The maximum Gasteiger partial charge on any atom is 0.254 e. The first kappa shape index (κ1) is 57.6. The van der Waals surface area contributed by atoms with Gasteiger partial charge in [0.05, 0.1) is 0 Å². The molecule has 18 N–H and O–H groups in total. The molecule has 1 aliphatic carbocycles. The maximum absolute atomic E-state index is 14.3. The second kappa shape index (κ2) is 29.4. The number of guanidine groups is 2. The molecule has 0 radical (unpaired) electrons. The molecule has 9 amide bonds. The minimum atomic E-state index is -1.47. The summed E-state index contributed by atoms with van der Waals surface area (Å²) in [5.41, 5.74) is 33.4. The summed E-state index contributed by atoms with van der Waals surface area (Å²) in [6, 6.07) is -2.08. The lowest BCUT2D eigenvalue weighted by Gasteiger charge is -2.30. The predicted molar refractivity (Wildman–Crippen MR) is 271 cm³/mol. The Bertz CT molecular complexity index is 2110. The van der Waals surface area contributed by atoms with Crippen molar-refractivity contribution in [1.29, 1.82) is 0 Å². The Labute approximate surface area is 425 Å². The van der Waals surface area contributed by atoms with Gasteiger partial charge >= 0.3 is 0 Å². The summed E-state index contributed by atoms with van der Waals surface area (Å²) in [4.78, 5) is 131. The Morgan fingerprint density at radius 3 is 1.80 bits per heavy atom. The van der Waals surface area contributed by atoms with Crippen LogP contribution in [0.1, 0.15) is 100 Å². The van der Waals surface area contributed by atoms with Gasteiger partial charge in [0.1, 0.15) is 42.3 Å². The van der Waals surface area contributed by atoms with E-state index in [2.05, 4.69) is 41.9 Å². The van der Waals surface area contributed by atoms with Gasteiger partial charge in [0.2, 0.25) is 47.3 Å². The molecular weight excluding hydrogens is 982 g/mol. The molecule has 0 spiro atoms. The van der Waals surface area contributed by atoms with Crippen LogP contribution in [0, 0.1) is 5.92 Å². The van der Waals surface area contributed by atoms with E-state index >= 15 is 0 Å². The number of rotatable bonds is 25. The van der Waals surface area contributed by atoms with Gasteiger partial charge in [0, 0.05) is 48.1 Å². The number of primary amides is 2. The number of benzene rings is 1. The highest BCUT2D eigenvalue weighted by Crippen LogP contribution is 2.29. The number of likely N-dealkylation sites (tertiary alicyclic amines) is 1. The average Bonchev–Trinajstić information content (AvgIpc) is 3.82. The minimum absolute atomic E-state index is 0.00556. The van der Waals surface area contributed by atoms with E-state index in [4.69, 9.17) is 46.0 Å². The third-order valence-corrected chi connectivity index (χ3v) is 14.8. The Balaban J connectivity index is 1.57. The summed E-state index contributed by atoms with van der Waals surface area (Å²) in [6.45, 7) is 0.417. The van der Waals surface area contributed by atoms with Gasteiger partial charge in [-0.25, -0.2) is 0 Å². The fraction of sp³-hybridized carbons (Fsp3) is 0.614. The average molecular weight is 1050 g/mol. The molecule has 392 valence electrons. The molecule has 27 heteroatoms. The van der Waals surface area contributed by atoms with Gasteiger partial charge in [0.25, 0.3) is 5.91 Å². The van der Waals surface area contributed by atoms with Crippen molar-refractivity contribution in [3.8, 4) is 0 Å². The Hall–Kier alpha value is -6.02. The van der Waals surface area contributed by atoms with Gasteiger partial charge in [-0.1, -0.05) is 65.3 Å². The number of carbonyl (C=O) groups is 9. The van der Waals surface area contributed by atoms with Crippen molar-refractivity contribution in [2.24, 2.45) is 50.3 Å². The summed E-state index contributed by atoms with van der Waals surface area (Å²) >= 11 is 6.03. The van der Waals surface area contributed by atoms with Gasteiger partial charge in [-0.05, 0) is 81.5 Å². The predicted octanol–water partition coefficient (Wildman–Crippen LogP) is -1.92. The summed E-state index contributed by atoms with van der Waals surface area (Å²) in [6.07, 6.45) is 5.04. The number of carbonyl (C=O) groups excluding carboxylic acids is 9. The fourth-order valence-corrected chi connectivity index (χ4v) is 10.8. The monoisotopic (exact) mass is 1050 g/mol. The molecule has 1 saturated carbocycles. The first-order chi connectivity index (χ1) is 33.8. The van der Waals surface area contributed by atoms with Crippen LogP contribution in [0.3, 0.4) is 0 Å². The van der Waals surface area contributed by atoms with Gasteiger partial charge in [0.15, 0.2) is 11.9 Å². The number of halogens is 1. The number of hydrogen-bond acceptors (Lipinski definition) is 13. The lowest BCUT2D eigenvalue weighted by atomic mass is 9.84. The maximum atomic E-state index is 14.3. The Kier molecular flexibility index (Phi) is 23.8. The van der Waals surface area contributed by atoms with E-state index in [1.54, 1.807) is 24.3 Å². The zero-order valence-corrected chi connectivity index (χ0v) is 41.9. The SMILES string of the molecule is NC(=O)CC[C@H](NC(=O)[C@@H](CCCN=C(N)N)NC(=O)[C@@H](CCCN=C(N)N)NC(=O)[C@@H]1CCCN1C(=O)c1ccc(Cl)cc1)C(=O)N[C@@H](CC1CCCCC1)C(=O)N[C@H]1CSSC[C@@H](C(N)=O)NC1=O. The molecule has 0 unspecified atom stereocenters. The van der Waals surface area contributed by atoms with E-state index in [0.29, 0.717) is 23.4 Å². The molecule has 0 aromatic heterocycles. The summed E-state index contributed by atoms with van der Waals surface area (Å²) < 4.78 is 0. The molecular formula is C44H68ClN15O9S2. The van der Waals surface area contributed by atoms with E-state index in [1.165, 1.54) is 26.5 Å². The molecule has 7 atom stereocenters. The lowest BCUT2D eigenvalue weighted by molar-refractivity contribution is -0.136. The third-order valence-electron chi connectivity index (χ3n) is 12.1. The molecule has 3 aliphatic rings. The first-order valence-corrected chi connectivity index (χ1v) is 26.5. The number of aliphatic imine (C=N–C) groups is 2. The van der Waals surface area contributed by atoms with E-state index in [0.717, 1.165) is 32.1 Å². The van der Waals surface area contributed by atoms with Crippen molar-refractivity contribution >= 4 is 98.3 Å². The topological polar surface area (TPSA) is 410 Å². The Morgan fingerprint density at radius 2 is 1.24 bits per heavy atom. The summed E-state index contributed by atoms with van der Waals surface area (Å²) in [7, 11) is 2.57. The van der Waals surface area contributed by atoms with Gasteiger partial charge in [-0.3, -0.25) is 53.1 Å². The van der Waals surface area contributed by atoms with Crippen LogP contribution in [0.15, 0.2) is 34.3 Å². The number of hydrogen-bond donors (Lipinski definition) is 12. The van der Waals surface area contributed by atoms with E-state index in [1.807, 2.05) is 0 Å². The minimum Gasteiger partial charge on any atom is -0.370 e. The van der Waals surface area contributed by atoms with Crippen LogP contribution in [0.25, 0.3) is 0 Å². The number of nitrogens with two attached hydrogens (primary N) is 6. The van der Waals surface area contributed by atoms with Crippen LogP contribution in [-0.2, 0) is 38.4 Å². The van der Waals surface area contributed by atoms with Crippen molar-refractivity contribution in [2.75, 3.05) is 31.1 Å². The van der Waals surface area contributed by atoms with Gasteiger partial charge in [-0.15, -0.1) is 0 Å². The Morgan fingerprint density at radius 1 is 0.690 bits per heavy atom. The first-order valence-electron chi connectivity index (χ1n) is 23.6. The molecule has 24 nitrogen and oxygen atoms in total. The smallest absolute Gasteiger partial charge is 0.254 e. The lowest BCUT2D eigenvalue weighted by Crippen LogP contribution is -2.60. The highest BCUT2D eigenvalue weighted by Gasteiger charge is 2.38. The number of amides is 9. The normalized spacial score (nSPS) is 19.9. The van der Waals surface area contributed by atoms with Gasteiger partial charge in [-0.2, -0.15) is 0 Å². The van der Waals surface area contributed by atoms with E-state index in [9.17, 15) is 43.2 Å². The third kappa shape index (κ3) is 19.6. The molecule has 1 aromatic rings. The number of nitrogens with one attached hydrogen (secondary N) is 6. The van der Waals surface area contributed by atoms with Crippen molar-refractivity contribution in [1.82, 2.24) is 36.8 Å². The standard InChI is InChI=1S/C44H68ClN15O9S2/c45-26-14-12-25(13-15-26)42(69)60-20-6-11-33(60)41(68)56-28(10-5-19-53-44(50)51)37(64)54-27(9-4-18-52-43(48)49)36(63)55-29(16-17-34(46)61)38(65)57-30(21-24-7-2-1-3-8-24)39(66)59-32-23-71-70-22-31(35(47)62)58-40(32)67/h12-15,24,27-33H,1-11,16-23H2,(H2,46,61)(H2,47,62)(H,54,64)(H,55,63)(H,56,68)(H,57,65)(H,58,67)(H,59,66)(H4,48,49,52)(H4,50,51,53)/t27-,28-,29+,30+,31+,32+,33+/m1/s1. The van der Waals surface area contributed by atoms with E-state index < -0.39 is 95.5 Å². The molecule has 71 heavy (non-hydrogen) atoms. The molecule has 2 heterocycles. The highest BCUT2D eigenvalue weighted by molar-refractivity contribution is 8.76. The largest absolute Gasteiger partial charge is 0.370 e. The molecule has 2 aliphatic heterocycles. The molecule has 0 bridgehead atoms. The molecule has 4 rings (SSSR count). The zero-order chi connectivity index (χ0) is 52.0. The van der Waals surface area contributed by atoms with Crippen LogP contribution >= 0.6 is 33.2 Å². The summed E-state index contributed by atoms with van der Waals surface area (Å²) in [5.74, 6) is -6.34. The van der Waals surface area contributed by atoms with E-state index in [-0.39, 0.29) is 93.9 Å². The second-order valence-corrected chi connectivity index (χ2v) is 20.6. The van der Waals surface area contributed by atoms with Crippen LogP contribution in [0.4, 0.5) is 0 Å². The fourth-order valence-electron chi connectivity index (χ4n) is 8.37. The van der Waals surface area contributed by atoms with Crippen molar-refractivity contribution in [3.63, 3.8) is 0 Å².